The van der Waals surface area contributed by atoms with Gasteiger partial charge in [0.2, 0.25) is 0 Å². The van der Waals surface area contributed by atoms with E-state index in [9.17, 15) is 9.59 Å². The van der Waals surface area contributed by atoms with Crippen LogP contribution >= 0.6 is 11.3 Å². The smallest absolute Gasteiger partial charge is 0.394 e. The van der Waals surface area contributed by atoms with Crippen molar-refractivity contribution in [1.29, 1.82) is 0 Å². The van der Waals surface area contributed by atoms with Gasteiger partial charge >= 0.3 is 11.9 Å². The van der Waals surface area contributed by atoms with Crippen LogP contribution in [0.5, 0.6) is 5.88 Å². The molecule has 2 rings (SSSR count). The van der Waals surface area contributed by atoms with Crippen molar-refractivity contribution in [2.45, 2.75) is 13.3 Å². The molecule has 0 bridgehead atoms. The molecule has 23 heavy (non-hydrogen) atoms. The maximum Gasteiger partial charge on any atom is 0.394 e. The molecule has 2 N–H and O–H groups in total. The summed E-state index contributed by atoms with van der Waals surface area (Å²) in [5.41, 5.74) is 0.464. The van der Waals surface area contributed by atoms with Crippen LogP contribution in [-0.4, -0.2) is 47.4 Å². The average Bonchev–Trinajstić information content (AvgIpc) is 3.14. The van der Waals surface area contributed by atoms with Crippen LogP contribution < -0.4 is 10.1 Å². The molecule has 0 aliphatic heterocycles. The quantitative estimate of drug-likeness (QED) is 0.572. The molecule has 1 amide bonds. The molecular formula is C13H15N3O6S. The lowest BCUT2D eigenvalue weighted by molar-refractivity contribution is -0.147. The molecule has 0 saturated carbocycles. The van der Waals surface area contributed by atoms with Crippen LogP contribution in [0.25, 0.3) is 11.5 Å². The lowest BCUT2D eigenvalue weighted by Crippen LogP contribution is -2.21. The molecule has 2 aromatic heterocycles. The van der Waals surface area contributed by atoms with Crippen molar-refractivity contribution in [3.05, 3.63) is 10.9 Å². The molecule has 0 unspecified atom stereocenters. The summed E-state index contributed by atoms with van der Waals surface area (Å²) in [5.74, 6) is -2.09. The highest BCUT2D eigenvalue weighted by molar-refractivity contribution is 7.16. The second kappa shape index (κ2) is 7.70. The fraction of sp³-hybridized carbons (Fsp3) is 0.385. The first-order valence-electron chi connectivity index (χ1n) is 6.68. The first-order chi connectivity index (χ1) is 11.0. The zero-order chi connectivity index (χ0) is 16.8. The van der Waals surface area contributed by atoms with E-state index in [-0.39, 0.29) is 5.13 Å². The second-order valence-electron chi connectivity index (χ2n) is 4.23. The van der Waals surface area contributed by atoms with Gasteiger partial charge in [0.1, 0.15) is 5.69 Å². The Kier molecular flexibility index (Phi) is 5.66. The summed E-state index contributed by atoms with van der Waals surface area (Å²) in [6.07, 6.45) is 0.535. The third kappa shape index (κ3) is 4.27. The number of methoxy groups -OCH3 is 1. The number of nitrogens with one attached hydrogen (secondary N) is 1. The summed E-state index contributed by atoms with van der Waals surface area (Å²) < 4.78 is 15.4. The van der Waals surface area contributed by atoms with Crippen molar-refractivity contribution >= 4 is 28.3 Å². The summed E-state index contributed by atoms with van der Waals surface area (Å²) >= 11 is 1.15. The minimum atomic E-state index is -1.58. The molecule has 124 valence electrons. The van der Waals surface area contributed by atoms with Gasteiger partial charge in [0, 0.05) is 17.9 Å². The maximum atomic E-state index is 11.3. The van der Waals surface area contributed by atoms with Crippen LogP contribution in [0.3, 0.4) is 0 Å². The Morgan fingerprint density at radius 3 is 2.87 bits per heavy atom. The second-order valence-corrected chi connectivity index (χ2v) is 5.31. The number of carboxylic acid groups (broad SMARTS) is 1. The predicted octanol–water partition coefficient (Wildman–Crippen LogP) is 1.41. The van der Waals surface area contributed by atoms with E-state index in [1.807, 2.05) is 6.92 Å². The summed E-state index contributed by atoms with van der Waals surface area (Å²) in [5, 5.41) is 14.7. The largest absolute Gasteiger partial charge is 0.479 e. The molecule has 2 aromatic rings. The van der Waals surface area contributed by atoms with Crippen molar-refractivity contribution < 1.29 is 28.7 Å². The van der Waals surface area contributed by atoms with Crippen molar-refractivity contribution in [2.24, 2.45) is 0 Å². The summed E-state index contributed by atoms with van der Waals surface area (Å²) in [7, 11) is 1.46. The summed E-state index contributed by atoms with van der Waals surface area (Å²) in [6, 6.07) is 1.56. The van der Waals surface area contributed by atoms with E-state index in [0.717, 1.165) is 16.2 Å². The minimum absolute atomic E-state index is 0.161. The van der Waals surface area contributed by atoms with Crippen LogP contribution in [0, 0.1) is 0 Å². The Morgan fingerprint density at radius 2 is 2.26 bits per heavy atom. The van der Waals surface area contributed by atoms with Crippen LogP contribution in [-0.2, 0) is 20.7 Å². The van der Waals surface area contributed by atoms with E-state index in [0.29, 0.717) is 37.0 Å². The molecule has 9 nitrogen and oxygen atoms in total. The fourth-order valence-corrected chi connectivity index (χ4v) is 2.64. The molecule has 0 aromatic carbocycles. The standard InChI is InChI=1S/C13H15N3O6S/c1-3-21-5-4-8-10(7-6-9(20-2)16-22-7)14-13(23-8)15-11(17)12(18)19/h6H,3-5H2,1-2H3,(H,18,19)(H,14,15,17). The molecule has 0 aliphatic carbocycles. The Bertz CT molecular complexity index is 696. The van der Waals surface area contributed by atoms with Gasteiger partial charge < -0.3 is 19.1 Å². The van der Waals surface area contributed by atoms with Gasteiger partial charge in [0.15, 0.2) is 10.9 Å². The Balaban J connectivity index is 2.27. The maximum absolute atomic E-state index is 11.3. The number of carboxylic acids is 1. The third-order valence-electron chi connectivity index (χ3n) is 2.72. The topological polar surface area (TPSA) is 124 Å². The van der Waals surface area contributed by atoms with E-state index in [1.54, 1.807) is 6.07 Å². The van der Waals surface area contributed by atoms with Gasteiger partial charge in [-0.2, -0.15) is 0 Å². The van der Waals surface area contributed by atoms with E-state index in [1.165, 1.54) is 7.11 Å². The monoisotopic (exact) mass is 341 g/mol. The molecule has 0 radical (unpaired) electrons. The van der Waals surface area contributed by atoms with Gasteiger partial charge in [-0.1, -0.05) is 0 Å². The van der Waals surface area contributed by atoms with E-state index < -0.39 is 11.9 Å². The average molecular weight is 341 g/mol. The Hall–Kier alpha value is -2.46. The predicted molar refractivity (Wildman–Crippen MR) is 80.6 cm³/mol. The fourth-order valence-electron chi connectivity index (χ4n) is 1.69. The van der Waals surface area contributed by atoms with Crippen LogP contribution in [0.2, 0.25) is 0 Å². The molecular weight excluding hydrogens is 326 g/mol. The number of thiazole rings is 1. The number of carbonyl (C=O) groups excluding carboxylic acids is 1. The number of hydrogen-bond acceptors (Lipinski definition) is 8. The molecule has 0 aliphatic rings. The van der Waals surface area contributed by atoms with Crippen molar-refractivity contribution in [2.75, 3.05) is 25.6 Å². The number of nitrogens with zero attached hydrogens (tertiary/aromatic N) is 2. The van der Waals surface area contributed by atoms with Crippen LogP contribution in [0.4, 0.5) is 5.13 Å². The van der Waals surface area contributed by atoms with Gasteiger partial charge in [0.25, 0.3) is 5.88 Å². The zero-order valence-electron chi connectivity index (χ0n) is 12.5. The Labute approximate surface area is 135 Å². The summed E-state index contributed by atoms with van der Waals surface area (Å²) in [6.45, 7) is 2.92. The number of ether oxygens (including phenoxy) is 2. The van der Waals surface area contributed by atoms with Gasteiger partial charge in [-0.25, -0.2) is 9.78 Å². The van der Waals surface area contributed by atoms with Crippen molar-refractivity contribution in [1.82, 2.24) is 10.1 Å². The highest BCUT2D eigenvalue weighted by atomic mass is 32.1. The molecule has 10 heteroatoms. The van der Waals surface area contributed by atoms with Gasteiger partial charge in [-0.15, -0.1) is 11.3 Å². The SMILES string of the molecule is CCOCCc1sc(NC(=O)C(=O)O)nc1-c1cc(OC)no1. The van der Waals surface area contributed by atoms with E-state index in [4.69, 9.17) is 19.1 Å². The van der Waals surface area contributed by atoms with Crippen LogP contribution in [0.15, 0.2) is 10.6 Å². The molecule has 0 atom stereocenters. The lowest BCUT2D eigenvalue weighted by atomic mass is 10.2. The molecule has 0 spiro atoms. The minimum Gasteiger partial charge on any atom is -0.479 e. The molecule has 2 heterocycles. The number of anilines is 1. The first kappa shape index (κ1) is 16.9. The normalized spacial score (nSPS) is 10.5. The van der Waals surface area contributed by atoms with Gasteiger partial charge in [-0.3, -0.25) is 10.1 Å². The highest BCUT2D eigenvalue weighted by Crippen LogP contribution is 2.33. The van der Waals surface area contributed by atoms with Crippen LogP contribution in [0.1, 0.15) is 11.8 Å². The Morgan fingerprint density at radius 1 is 1.48 bits per heavy atom. The van der Waals surface area contributed by atoms with Crippen molar-refractivity contribution in [3.8, 4) is 17.3 Å². The number of carbonyl (C=O) groups is 2. The zero-order valence-corrected chi connectivity index (χ0v) is 13.3. The van der Waals surface area contributed by atoms with E-state index >= 15 is 0 Å². The van der Waals surface area contributed by atoms with Gasteiger partial charge in [-0.05, 0) is 12.1 Å². The molecule has 0 fully saturated rings. The van der Waals surface area contributed by atoms with Crippen molar-refractivity contribution in [3.63, 3.8) is 0 Å². The highest BCUT2D eigenvalue weighted by Gasteiger charge is 2.20. The number of rotatable bonds is 7. The van der Waals surface area contributed by atoms with E-state index in [2.05, 4.69) is 15.5 Å². The summed E-state index contributed by atoms with van der Waals surface area (Å²) in [4.78, 5) is 26.9. The first-order valence-corrected chi connectivity index (χ1v) is 7.49. The number of aliphatic carboxylic acids is 1. The number of hydrogen-bond donors (Lipinski definition) is 2. The number of amides is 1. The number of aromatic nitrogens is 2. The lowest BCUT2D eigenvalue weighted by Gasteiger charge is -1.99. The third-order valence-corrected chi connectivity index (χ3v) is 3.75. The molecule has 0 saturated heterocycles. The van der Waals surface area contributed by atoms with Gasteiger partial charge in [0.05, 0.1) is 19.8 Å².